The highest BCUT2D eigenvalue weighted by Crippen LogP contribution is 2.22. The van der Waals surface area contributed by atoms with Crippen LogP contribution in [0.3, 0.4) is 0 Å². The number of benzene rings is 1. The average molecular weight is 395 g/mol. The summed E-state index contributed by atoms with van der Waals surface area (Å²) in [4.78, 5) is 21.9. The van der Waals surface area contributed by atoms with E-state index in [1.165, 1.54) is 5.56 Å². The van der Waals surface area contributed by atoms with E-state index >= 15 is 0 Å². The molecule has 1 aromatic carbocycles. The number of hydrogen-bond acceptors (Lipinski definition) is 6. The number of amides is 1. The van der Waals surface area contributed by atoms with Gasteiger partial charge in [-0.15, -0.1) is 0 Å². The van der Waals surface area contributed by atoms with Crippen molar-refractivity contribution < 1.29 is 4.79 Å². The maximum Gasteiger partial charge on any atom is 0.238 e. The van der Waals surface area contributed by atoms with Crippen molar-refractivity contribution in [2.45, 2.75) is 32.0 Å². The third kappa shape index (κ3) is 4.93. The molecule has 3 N–H and O–H groups in total. The number of piperazine rings is 1. The van der Waals surface area contributed by atoms with Crippen LogP contribution >= 0.6 is 0 Å². The Balaban J connectivity index is 1.25. The van der Waals surface area contributed by atoms with Crippen LogP contribution in [0, 0.1) is 0 Å². The molecule has 0 aliphatic carbocycles. The molecule has 1 aromatic heterocycles. The van der Waals surface area contributed by atoms with Crippen molar-refractivity contribution in [1.82, 2.24) is 26.1 Å². The fraction of sp³-hybridized carbons (Fsp3) is 0.455. The van der Waals surface area contributed by atoms with E-state index in [4.69, 9.17) is 0 Å². The van der Waals surface area contributed by atoms with Gasteiger partial charge in [-0.25, -0.2) is 15.8 Å². The quantitative estimate of drug-likeness (QED) is 0.689. The van der Waals surface area contributed by atoms with Crippen LogP contribution in [0.4, 0.5) is 5.82 Å². The van der Waals surface area contributed by atoms with Crippen LogP contribution in [0.15, 0.2) is 48.7 Å². The number of nitrogens with one attached hydrogen (secondary N) is 3. The topological polar surface area (TPSA) is 72.5 Å². The highest BCUT2D eigenvalue weighted by atomic mass is 16.2. The van der Waals surface area contributed by atoms with E-state index in [9.17, 15) is 4.79 Å². The molecule has 154 valence electrons. The first-order chi connectivity index (χ1) is 14.2. The Morgan fingerprint density at radius 3 is 2.59 bits per heavy atom. The van der Waals surface area contributed by atoms with Gasteiger partial charge < -0.3 is 15.1 Å². The van der Waals surface area contributed by atoms with E-state index in [-0.39, 0.29) is 18.0 Å². The fourth-order valence-corrected chi connectivity index (χ4v) is 3.95. The number of rotatable bonds is 6. The molecule has 0 spiro atoms. The summed E-state index contributed by atoms with van der Waals surface area (Å²) in [5, 5.41) is 3.02. The van der Waals surface area contributed by atoms with E-state index in [1.807, 2.05) is 24.4 Å². The maximum atomic E-state index is 12.5. The van der Waals surface area contributed by atoms with E-state index in [2.05, 4.69) is 62.1 Å². The van der Waals surface area contributed by atoms with Crippen molar-refractivity contribution in [3.05, 3.63) is 59.8 Å². The molecule has 2 saturated heterocycles. The summed E-state index contributed by atoms with van der Waals surface area (Å²) in [5.74, 6) is 1.03. The molecule has 2 aromatic rings. The third-order valence-corrected chi connectivity index (χ3v) is 5.84. The minimum absolute atomic E-state index is 0.00990. The molecule has 2 unspecified atom stereocenters. The maximum absolute atomic E-state index is 12.5. The molecular weight excluding hydrogens is 364 g/mol. The molecule has 2 atom stereocenters. The van der Waals surface area contributed by atoms with Gasteiger partial charge >= 0.3 is 0 Å². The van der Waals surface area contributed by atoms with Gasteiger partial charge in [-0.3, -0.25) is 4.79 Å². The molecule has 0 radical (unpaired) electrons. The van der Waals surface area contributed by atoms with Crippen LogP contribution in [-0.4, -0.2) is 54.6 Å². The van der Waals surface area contributed by atoms with Crippen LogP contribution in [0.5, 0.6) is 0 Å². The van der Waals surface area contributed by atoms with Crippen molar-refractivity contribution in [3.63, 3.8) is 0 Å². The lowest BCUT2D eigenvalue weighted by Gasteiger charge is -2.34. The van der Waals surface area contributed by atoms with Gasteiger partial charge in [0.05, 0.1) is 0 Å². The van der Waals surface area contributed by atoms with Crippen LogP contribution in [0.1, 0.15) is 30.5 Å². The number of aromatic nitrogens is 1. The molecule has 2 aliphatic rings. The molecule has 7 nitrogen and oxygen atoms in total. The Labute approximate surface area is 172 Å². The molecule has 2 aliphatic heterocycles. The third-order valence-electron chi connectivity index (χ3n) is 5.84. The molecule has 0 saturated carbocycles. The molecule has 7 heteroatoms. The largest absolute Gasteiger partial charge is 0.354 e. The molecule has 4 rings (SSSR count). The van der Waals surface area contributed by atoms with Crippen LogP contribution in [0.2, 0.25) is 0 Å². The number of pyridine rings is 1. The summed E-state index contributed by atoms with van der Waals surface area (Å²) in [6, 6.07) is 14.2. The van der Waals surface area contributed by atoms with Crippen molar-refractivity contribution >= 4 is 11.7 Å². The number of anilines is 1. The van der Waals surface area contributed by atoms with Crippen LogP contribution < -0.4 is 21.1 Å². The predicted octanol–water partition coefficient (Wildman–Crippen LogP) is 1.45. The number of carbonyl (C=O) groups excluding carboxylic acids is 1. The normalized spacial score (nSPS) is 22.6. The van der Waals surface area contributed by atoms with Gasteiger partial charge in [0.2, 0.25) is 5.91 Å². The summed E-state index contributed by atoms with van der Waals surface area (Å²) in [7, 11) is 0. The zero-order chi connectivity index (χ0) is 20.1. The second-order valence-corrected chi connectivity index (χ2v) is 7.70. The second-order valence-electron chi connectivity index (χ2n) is 7.70. The Bertz CT molecular complexity index is 789. The van der Waals surface area contributed by atoms with Crippen molar-refractivity contribution in [2.75, 3.05) is 37.6 Å². The Kier molecular flexibility index (Phi) is 6.39. The van der Waals surface area contributed by atoms with Gasteiger partial charge in [0.15, 0.2) is 0 Å². The van der Waals surface area contributed by atoms with Crippen molar-refractivity contribution in [1.29, 1.82) is 0 Å². The lowest BCUT2D eigenvalue weighted by atomic mass is 10.0. The Morgan fingerprint density at radius 1 is 1.10 bits per heavy atom. The van der Waals surface area contributed by atoms with Gasteiger partial charge in [0.1, 0.15) is 11.9 Å². The SMILES string of the molecule is CCN1CCN(c2ccc(CNC(=O)C3CC(c4ccccc4)NN3)cn2)CC1. The first-order valence-corrected chi connectivity index (χ1v) is 10.5. The average Bonchev–Trinajstić information content (AvgIpc) is 3.29. The van der Waals surface area contributed by atoms with E-state index in [1.54, 1.807) is 0 Å². The number of nitrogens with zero attached hydrogens (tertiary/aromatic N) is 3. The highest BCUT2D eigenvalue weighted by Gasteiger charge is 2.29. The lowest BCUT2D eigenvalue weighted by molar-refractivity contribution is -0.123. The Hall–Kier alpha value is -2.48. The fourth-order valence-electron chi connectivity index (χ4n) is 3.95. The first-order valence-electron chi connectivity index (χ1n) is 10.5. The summed E-state index contributed by atoms with van der Waals surface area (Å²) < 4.78 is 0. The van der Waals surface area contributed by atoms with E-state index < -0.39 is 0 Å². The van der Waals surface area contributed by atoms with Gasteiger partial charge in [-0.1, -0.05) is 43.3 Å². The summed E-state index contributed by atoms with van der Waals surface area (Å²) in [5.41, 5.74) is 8.54. The van der Waals surface area contributed by atoms with Gasteiger partial charge in [0, 0.05) is 45.0 Å². The van der Waals surface area contributed by atoms with Crippen LogP contribution in [-0.2, 0) is 11.3 Å². The summed E-state index contributed by atoms with van der Waals surface area (Å²) in [6.45, 7) is 8.00. The number of carbonyl (C=O) groups is 1. The zero-order valence-electron chi connectivity index (χ0n) is 17.0. The monoisotopic (exact) mass is 394 g/mol. The molecule has 0 bridgehead atoms. The standard InChI is InChI=1S/C22H30N6O/c1-2-27-10-12-28(13-11-27)21-9-8-17(15-23-21)16-24-22(29)20-14-19(25-26-20)18-6-4-3-5-7-18/h3-9,15,19-20,25-26H,2,10-14,16H2,1H3,(H,24,29). The molecule has 3 heterocycles. The number of hydrazine groups is 1. The Morgan fingerprint density at radius 2 is 1.90 bits per heavy atom. The minimum Gasteiger partial charge on any atom is -0.354 e. The minimum atomic E-state index is -0.234. The molecule has 2 fully saturated rings. The van der Waals surface area contributed by atoms with Gasteiger partial charge in [-0.05, 0) is 30.2 Å². The first kappa shape index (κ1) is 19.8. The molecule has 29 heavy (non-hydrogen) atoms. The summed E-state index contributed by atoms with van der Waals surface area (Å²) in [6.07, 6.45) is 2.60. The zero-order valence-corrected chi connectivity index (χ0v) is 17.0. The lowest BCUT2D eigenvalue weighted by Crippen LogP contribution is -2.46. The van der Waals surface area contributed by atoms with E-state index in [0.29, 0.717) is 6.54 Å². The smallest absolute Gasteiger partial charge is 0.238 e. The van der Waals surface area contributed by atoms with Crippen LogP contribution in [0.25, 0.3) is 0 Å². The molecule has 1 amide bonds. The van der Waals surface area contributed by atoms with Crippen molar-refractivity contribution in [2.24, 2.45) is 0 Å². The second kappa shape index (κ2) is 9.35. The van der Waals surface area contributed by atoms with E-state index in [0.717, 1.165) is 50.5 Å². The number of likely N-dealkylation sites (N-methyl/N-ethyl adjacent to an activating group) is 1. The summed E-state index contributed by atoms with van der Waals surface area (Å²) >= 11 is 0. The molecular formula is C22H30N6O. The van der Waals surface area contributed by atoms with Gasteiger partial charge in [0.25, 0.3) is 0 Å². The predicted molar refractivity (Wildman–Crippen MR) is 114 cm³/mol. The highest BCUT2D eigenvalue weighted by molar-refractivity contribution is 5.82. The number of hydrogen-bond donors (Lipinski definition) is 3. The van der Waals surface area contributed by atoms with Gasteiger partial charge in [-0.2, -0.15) is 0 Å². The van der Waals surface area contributed by atoms with Crippen molar-refractivity contribution in [3.8, 4) is 0 Å².